The second kappa shape index (κ2) is 8.38. The van der Waals surface area contributed by atoms with E-state index in [9.17, 15) is 14.7 Å². The first-order valence-electron chi connectivity index (χ1n) is 11.4. The first kappa shape index (κ1) is 21.1. The zero-order chi connectivity index (χ0) is 22.5. The third-order valence-electron chi connectivity index (χ3n) is 6.95. The maximum atomic E-state index is 13.2. The van der Waals surface area contributed by atoms with Gasteiger partial charge in [0, 0.05) is 34.3 Å². The quantitative estimate of drug-likeness (QED) is 0.588. The minimum Gasteiger partial charge on any atom is -0.394 e. The van der Waals surface area contributed by atoms with Crippen molar-refractivity contribution in [3.63, 3.8) is 0 Å². The van der Waals surface area contributed by atoms with Crippen molar-refractivity contribution < 1.29 is 14.7 Å². The zero-order valence-electron chi connectivity index (χ0n) is 18.0. The zero-order valence-corrected chi connectivity index (χ0v) is 19.7. The molecule has 0 saturated carbocycles. The fraction of sp³-hybridized carbons (Fsp3) is 0.417. The predicted molar refractivity (Wildman–Crippen MR) is 129 cm³/mol. The van der Waals surface area contributed by atoms with Gasteiger partial charge in [-0.1, -0.05) is 17.8 Å². The number of aliphatic hydroxyl groups is 1. The van der Waals surface area contributed by atoms with Crippen LogP contribution in [0.15, 0.2) is 29.4 Å². The van der Waals surface area contributed by atoms with E-state index in [2.05, 4.69) is 15.3 Å². The number of benzene rings is 1. The second-order valence-corrected chi connectivity index (χ2v) is 11.1. The number of carbonyl (C=O) groups is 2. The number of likely N-dealkylation sites (tertiary alicyclic amines) is 1. The number of aromatic nitrogens is 2. The number of thioether (sulfide) groups is 1. The molecule has 1 saturated heterocycles. The molecule has 1 aromatic carbocycles. The average Bonchev–Trinajstić information content (AvgIpc) is 3.53. The second-order valence-electron chi connectivity index (χ2n) is 8.95. The standard InChI is InChI=1S/C24H24N4O3S2/c29-11-16-2-1-7-28(16)24(31)14-4-6-17-19(8-14)33-23-21(17)22(25-12-26-23)27-15-5-3-13-9-20(30)32-18(13)10-15/h3,5,10,12,14,16,29H,1-2,4,6-9,11H2,(H,25,26,27). The molecule has 4 heterocycles. The maximum Gasteiger partial charge on any atom is 0.226 e. The number of fused-ring (bicyclic) bond motifs is 4. The highest BCUT2D eigenvalue weighted by atomic mass is 32.2. The molecule has 7 nitrogen and oxygen atoms in total. The number of hydrogen-bond acceptors (Lipinski definition) is 8. The number of hydrogen-bond donors (Lipinski definition) is 2. The smallest absolute Gasteiger partial charge is 0.226 e. The average molecular weight is 481 g/mol. The minimum atomic E-state index is -0.0339. The molecule has 2 aliphatic heterocycles. The first-order chi connectivity index (χ1) is 16.1. The van der Waals surface area contributed by atoms with Gasteiger partial charge in [-0.25, -0.2) is 9.97 Å². The number of anilines is 2. The fourth-order valence-electron chi connectivity index (χ4n) is 5.29. The van der Waals surface area contributed by atoms with Crippen LogP contribution in [0, 0.1) is 5.92 Å². The lowest BCUT2D eigenvalue weighted by Crippen LogP contribution is -2.42. The Morgan fingerprint density at radius 3 is 3.06 bits per heavy atom. The summed E-state index contributed by atoms with van der Waals surface area (Å²) in [5, 5.41) is 14.3. The molecule has 1 fully saturated rings. The highest BCUT2D eigenvalue weighted by Gasteiger charge is 2.35. The van der Waals surface area contributed by atoms with Gasteiger partial charge < -0.3 is 15.3 Å². The maximum absolute atomic E-state index is 13.2. The van der Waals surface area contributed by atoms with Gasteiger partial charge in [0.1, 0.15) is 17.0 Å². The van der Waals surface area contributed by atoms with E-state index in [-0.39, 0.29) is 29.6 Å². The lowest BCUT2D eigenvalue weighted by atomic mass is 9.86. The number of nitrogens with zero attached hydrogens (tertiary/aromatic N) is 3. The van der Waals surface area contributed by atoms with Crippen LogP contribution in [0.2, 0.25) is 0 Å². The summed E-state index contributed by atoms with van der Waals surface area (Å²) >= 11 is 2.95. The van der Waals surface area contributed by atoms with E-state index in [0.29, 0.717) is 6.42 Å². The summed E-state index contributed by atoms with van der Waals surface area (Å²) in [5.41, 5.74) is 3.23. The van der Waals surface area contributed by atoms with Crippen LogP contribution in [0.3, 0.4) is 0 Å². The number of nitrogens with one attached hydrogen (secondary N) is 1. The van der Waals surface area contributed by atoms with Crippen LogP contribution in [0.25, 0.3) is 10.2 Å². The van der Waals surface area contributed by atoms with E-state index in [1.54, 1.807) is 17.7 Å². The van der Waals surface area contributed by atoms with Gasteiger partial charge in [0.2, 0.25) is 5.91 Å². The van der Waals surface area contributed by atoms with Crippen molar-refractivity contribution in [1.29, 1.82) is 0 Å². The number of amides is 1. The molecule has 33 heavy (non-hydrogen) atoms. The van der Waals surface area contributed by atoms with E-state index in [0.717, 1.165) is 70.8 Å². The van der Waals surface area contributed by atoms with Gasteiger partial charge in [-0.2, -0.15) is 0 Å². The fourth-order valence-corrected chi connectivity index (χ4v) is 7.49. The van der Waals surface area contributed by atoms with Gasteiger partial charge in [0.25, 0.3) is 0 Å². The highest BCUT2D eigenvalue weighted by molar-refractivity contribution is 8.14. The van der Waals surface area contributed by atoms with Gasteiger partial charge in [-0.15, -0.1) is 11.3 Å². The molecule has 0 bridgehead atoms. The van der Waals surface area contributed by atoms with Crippen LogP contribution in [-0.2, 0) is 28.9 Å². The number of thiophene rings is 1. The Balaban J connectivity index is 1.27. The SMILES string of the molecule is O=C1Cc2ccc(Nc3ncnc4sc5c(c34)CCC(C(=O)N3CCCC3CO)C5)cc2S1. The normalized spacial score (nSPS) is 22.0. The lowest BCUT2D eigenvalue weighted by Gasteiger charge is -2.30. The summed E-state index contributed by atoms with van der Waals surface area (Å²) in [7, 11) is 0. The van der Waals surface area contributed by atoms with Crippen LogP contribution in [0.1, 0.15) is 35.3 Å². The van der Waals surface area contributed by atoms with Gasteiger partial charge in [-0.05, 0) is 55.4 Å². The van der Waals surface area contributed by atoms with E-state index < -0.39 is 0 Å². The van der Waals surface area contributed by atoms with Crippen molar-refractivity contribution in [1.82, 2.24) is 14.9 Å². The Labute approximate surface area is 199 Å². The molecule has 2 aromatic heterocycles. The third-order valence-corrected chi connectivity index (χ3v) is 9.09. The van der Waals surface area contributed by atoms with Crippen molar-refractivity contribution >= 4 is 55.8 Å². The van der Waals surface area contributed by atoms with Crippen LogP contribution < -0.4 is 5.32 Å². The van der Waals surface area contributed by atoms with Gasteiger partial charge in [0.15, 0.2) is 5.12 Å². The summed E-state index contributed by atoms with van der Waals surface area (Å²) < 4.78 is 0. The summed E-state index contributed by atoms with van der Waals surface area (Å²) in [6.45, 7) is 0.802. The molecule has 0 radical (unpaired) electrons. The summed E-state index contributed by atoms with van der Waals surface area (Å²) in [4.78, 5) is 39.0. The van der Waals surface area contributed by atoms with Crippen molar-refractivity contribution in [3.8, 4) is 0 Å². The van der Waals surface area contributed by atoms with Crippen molar-refractivity contribution in [2.45, 2.75) is 49.5 Å². The van der Waals surface area contributed by atoms with Gasteiger partial charge in [0.05, 0.1) is 18.0 Å². The lowest BCUT2D eigenvalue weighted by molar-refractivity contribution is -0.137. The Hall–Kier alpha value is -2.49. The number of carbonyl (C=O) groups excluding carboxylic acids is 2. The van der Waals surface area contributed by atoms with Gasteiger partial charge in [-0.3, -0.25) is 9.59 Å². The molecular formula is C24H24N4O3S2. The third kappa shape index (κ3) is 3.72. The van der Waals surface area contributed by atoms with Crippen LogP contribution >= 0.6 is 23.1 Å². The van der Waals surface area contributed by atoms with Crippen molar-refractivity contribution in [2.24, 2.45) is 5.92 Å². The minimum absolute atomic E-state index is 0.0243. The molecule has 2 N–H and O–H groups in total. The number of aryl methyl sites for hydroxylation is 1. The summed E-state index contributed by atoms with van der Waals surface area (Å²) in [6.07, 6.45) is 6.28. The summed E-state index contributed by atoms with van der Waals surface area (Å²) in [5.74, 6) is 0.925. The van der Waals surface area contributed by atoms with Crippen molar-refractivity contribution in [3.05, 3.63) is 40.5 Å². The Morgan fingerprint density at radius 1 is 1.27 bits per heavy atom. The highest BCUT2D eigenvalue weighted by Crippen LogP contribution is 2.42. The van der Waals surface area contributed by atoms with E-state index in [1.807, 2.05) is 23.1 Å². The molecule has 2 unspecified atom stereocenters. The Morgan fingerprint density at radius 2 is 2.18 bits per heavy atom. The number of rotatable bonds is 4. The van der Waals surface area contributed by atoms with Gasteiger partial charge >= 0.3 is 0 Å². The van der Waals surface area contributed by atoms with E-state index >= 15 is 0 Å². The van der Waals surface area contributed by atoms with Crippen LogP contribution in [0.5, 0.6) is 0 Å². The molecule has 9 heteroatoms. The number of aliphatic hydroxyl groups excluding tert-OH is 1. The molecule has 6 rings (SSSR count). The molecule has 3 aliphatic rings. The topological polar surface area (TPSA) is 95.4 Å². The Bertz CT molecular complexity index is 1270. The van der Waals surface area contributed by atoms with E-state index in [1.165, 1.54) is 22.2 Å². The summed E-state index contributed by atoms with van der Waals surface area (Å²) in [6, 6.07) is 5.99. The largest absolute Gasteiger partial charge is 0.394 e. The van der Waals surface area contributed by atoms with E-state index in [4.69, 9.17) is 0 Å². The molecule has 3 aromatic rings. The molecule has 1 amide bonds. The molecule has 1 aliphatic carbocycles. The monoisotopic (exact) mass is 480 g/mol. The molecule has 170 valence electrons. The molecule has 0 spiro atoms. The molecule has 2 atom stereocenters. The Kier molecular flexibility index (Phi) is 5.35. The van der Waals surface area contributed by atoms with Crippen LogP contribution in [-0.4, -0.2) is 50.2 Å². The van der Waals surface area contributed by atoms with Crippen molar-refractivity contribution in [2.75, 3.05) is 18.5 Å². The molecular weight excluding hydrogens is 456 g/mol. The first-order valence-corrected chi connectivity index (χ1v) is 13.0. The predicted octanol–water partition coefficient (Wildman–Crippen LogP) is 3.70. The van der Waals surface area contributed by atoms with Crippen LogP contribution in [0.4, 0.5) is 11.5 Å².